The van der Waals surface area contributed by atoms with Gasteiger partial charge in [-0.2, -0.15) is 0 Å². The summed E-state index contributed by atoms with van der Waals surface area (Å²) in [7, 11) is 0. The molecule has 0 saturated heterocycles. The lowest BCUT2D eigenvalue weighted by molar-refractivity contribution is 0.104. The van der Waals surface area contributed by atoms with Crippen molar-refractivity contribution in [1.82, 2.24) is 0 Å². The number of ketones is 1. The Labute approximate surface area is 205 Å². The van der Waals surface area contributed by atoms with Crippen LogP contribution in [0.25, 0.3) is 6.08 Å². The van der Waals surface area contributed by atoms with Gasteiger partial charge in [-0.15, -0.1) is 0 Å². The lowest BCUT2D eigenvalue weighted by Crippen LogP contribution is -2.27. The molecule has 0 unspecified atom stereocenters. The third kappa shape index (κ3) is 8.40. The number of carbonyl (C=O) groups is 1. The minimum absolute atomic E-state index is 0.0874. The van der Waals surface area contributed by atoms with E-state index in [2.05, 4.69) is 27.4 Å². The zero-order valence-electron chi connectivity index (χ0n) is 22.2. The van der Waals surface area contributed by atoms with Gasteiger partial charge in [0.2, 0.25) is 0 Å². The topological polar surface area (TPSA) is 44.8 Å². The van der Waals surface area contributed by atoms with Gasteiger partial charge in [-0.3, -0.25) is 4.79 Å². The summed E-state index contributed by atoms with van der Waals surface area (Å²) in [6.07, 6.45) is 5.14. The lowest BCUT2D eigenvalue weighted by atomic mass is 9.82. The van der Waals surface area contributed by atoms with E-state index in [0.29, 0.717) is 23.7 Å². The zero-order chi connectivity index (χ0) is 25.7. The van der Waals surface area contributed by atoms with Crippen molar-refractivity contribution in [2.45, 2.75) is 78.9 Å². The molecule has 0 aliphatic carbocycles. The van der Waals surface area contributed by atoms with Crippen LogP contribution in [0.1, 0.15) is 83.8 Å². The Morgan fingerprint density at radius 2 is 1.44 bits per heavy atom. The van der Waals surface area contributed by atoms with E-state index in [-0.39, 0.29) is 22.4 Å². The minimum Gasteiger partial charge on any atom is -0.490 e. The molecule has 0 radical (unpaired) electrons. The van der Waals surface area contributed by atoms with E-state index in [1.165, 1.54) is 0 Å². The van der Waals surface area contributed by atoms with Crippen LogP contribution in [-0.4, -0.2) is 23.6 Å². The third-order valence-corrected chi connectivity index (χ3v) is 4.62. The first kappa shape index (κ1) is 27.2. The van der Waals surface area contributed by atoms with Crippen LogP contribution in [0.4, 0.5) is 0 Å². The molecular weight excluding hydrogens is 424 g/mol. The van der Waals surface area contributed by atoms with E-state index in [1.54, 1.807) is 36.4 Å². The van der Waals surface area contributed by atoms with E-state index in [1.807, 2.05) is 59.8 Å². The summed E-state index contributed by atoms with van der Waals surface area (Å²) in [5.41, 5.74) is 1.55. The highest BCUT2D eigenvalue weighted by atomic mass is 16.5. The van der Waals surface area contributed by atoms with Crippen LogP contribution < -0.4 is 14.2 Å². The molecule has 0 bridgehead atoms. The van der Waals surface area contributed by atoms with Crippen LogP contribution in [0.5, 0.6) is 17.2 Å². The van der Waals surface area contributed by atoms with Crippen molar-refractivity contribution in [3.8, 4) is 17.2 Å². The second kappa shape index (κ2) is 10.5. The summed E-state index contributed by atoms with van der Waals surface area (Å²) < 4.78 is 18.1. The highest BCUT2D eigenvalue weighted by molar-refractivity contribution is 6.07. The molecule has 0 amide bonds. The van der Waals surface area contributed by atoms with Gasteiger partial charge in [-0.1, -0.05) is 39.5 Å². The standard InChI is InChI=1S/C30H40O4/c1-11-18-32-23-15-12-21(13-16-23)25(31)17-14-22-19-24(33-29(5,6)7)20-26(34-30(8,9)10)27(22)28(2,3)4/h11-17,19-20H,1,18H2,2-10H3/b17-14+. The van der Waals surface area contributed by atoms with Gasteiger partial charge in [-0.05, 0) is 88.9 Å². The molecule has 2 aromatic rings. The van der Waals surface area contributed by atoms with Crippen molar-refractivity contribution < 1.29 is 19.0 Å². The average Bonchev–Trinajstić information content (AvgIpc) is 2.67. The zero-order valence-corrected chi connectivity index (χ0v) is 22.2. The summed E-state index contributed by atoms with van der Waals surface area (Å²) >= 11 is 0. The SMILES string of the molecule is C=CCOc1ccc(C(=O)/C=C/c2cc(OC(C)(C)C)cc(OC(C)(C)C)c2C(C)(C)C)cc1. The molecule has 0 atom stereocenters. The van der Waals surface area contributed by atoms with Crippen LogP contribution in [0, 0.1) is 0 Å². The van der Waals surface area contributed by atoms with Gasteiger partial charge in [0, 0.05) is 17.2 Å². The van der Waals surface area contributed by atoms with Crippen molar-refractivity contribution in [3.63, 3.8) is 0 Å². The molecule has 2 rings (SSSR count). The molecule has 4 heteroatoms. The number of allylic oxidation sites excluding steroid dienone is 1. The Morgan fingerprint density at radius 3 is 1.94 bits per heavy atom. The first-order chi connectivity index (χ1) is 15.6. The molecule has 0 saturated carbocycles. The van der Waals surface area contributed by atoms with Crippen molar-refractivity contribution in [1.29, 1.82) is 0 Å². The fourth-order valence-corrected chi connectivity index (χ4v) is 3.50. The maximum atomic E-state index is 12.9. The second-order valence-electron chi connectivity index (χ2n) is 11.4. The Morgan fingerprint density at radius 1 is 0.853 bits per heavy atom. The summed E-state index contributed by atoms with van der Waals surface area (Å²) in [5.74, 6) is 2.08. The van der Waals surface area contributed by atoms with Crippen LogP contribution in [0.3, 0.4) is 0 Å². The van der Waals surface area contributed by atoms with Gasteiger partial charge in [0.1, 0.15) is 35.1 Å². The first-order valence-corrected chi connectivity index (χ1v) is 11.7. The molecule has 4 nitrogen and oxygen atoms in total. The number of hydrogen-bond donors (Lipinski definition) is 0. The lowest BCUT2D eigenvalue weighted by Gasteiger charge is -2.31. The molecule has 0 heterocycles. The Kier molecular flexibility index (Phi) is 8.41. The van der Waals surface area contributed by atoms with Crippen LogP contribution in [-0.2, 0) is 5.41 Å². The summed E-state index contributed by atoms with van der Waals surface area (Å²) in [6.45, 7) is 22.6. The summed E-state index contributed by atoms with van der Waals surface area (Å²) in [4.78, 5) is 12.9. The molecule has 0 aliphatic heterocycles. The monoisotopic (exact) mass is 464 g/mol. The average molecular weight is 465 g/mol. The van der Waals surface area contributed by atoms with Crippen LogP contribution >= 0.6 is 0 Å². The quantitative estimate of drug-likeness (QED) is 0.227. The highest BCUT2D eigenvalue weighted by Gasteiger charge is 2.27. The number of rotatable bonds is 8. The number of ether oxygens (including phenoxy) is 3. The molecule has 0 fully saturated rings. The maximum absolute atomic E-state index is 12.9. The van der Waals surface area contributed by atoms with Gasteiger partial charge in [0.05, 0.1) is 0 Å². The largest absolute Gasteiger partial charge is 0.490 e. The van der Waals surface area contributed by atoms with Crippen molar-refractivity contribution in [2.75, 3.05) is 6.61 Å². The molecule has 0 aromatic heterocycles. The molecule has 0 aliphatic rings. The van der Waals surface area contributed by atoms with E-state index >= 15 is 0 Å². The van der Waals surface area contributed by atoms with Crippen molar-refractivity contribution >= 4 is 11.9 Å². The Hall–Kier alpha value is -3.01. The van der Waals surface area contributed by atoms with E-state index in [9.17, 15) is 4.79 Å². The van der Waals surface area contributed by atoms with Gasteiger partial charge in [0.15, 0.2) is 5.78 Å². The molecule has 184 valence electrons. The number of carbonyl (C=O) groups excluding carboxylic acids is 1. The summed E-state index contributed by atoms with van der Waals surface area (Å²) in [5, 5.41) is 0. The van der Waals surface area contributed by atoms with Crippen LogP contribution in [0.2, 0.25) is 0 Å². The van der Waals surface area contributed by atoms with Gasteiger partial charge < -0.3 is 14.2 Å². The van der Waals surface area contributed by atoms with Gasteiger partial charge >= 0.3 is 0 Å². The predicted molar refractivity (Wildman–Crippen MR) is 141 cm³/mol. The van der Waals surface area contributed by atoms with E-state index in [4.69, 9.17) is 14.2 Å². The van der Waals surface area contributed by atoms with E-state index in [0.717, 1.165) is 16.9 Å². The molecule has 0 spiro atoms. The molecule has 2 aromatic carbocycles. The number of hydrogen-bond acceptors (Lipinski definition) is 4. The predicted octanol–water partition coefficient (Wildman–Crippen LogP) is 7.80. The van der Waals surface area contributed by atoms with Crippen molar-refractivity contribution in [2.24, 2.45) is 0 Å². The number of benzene rings is 2. The third-order valence-electron chi connectivity index (χ3n) is 4.62. The smallest absolute Gasteiger partial charge is 0.185 e. The fraction of sp³-hybridized carbons (Fsp3) is 0.433. The molecule has 0 N–H and O–H groups in total. The first-order valence-electron chi connectivity index (χ1n) is 11.7. The fourth-order valence-electron chi connectivity index (χ4n) is 3.50. The molecular formula is C30H40O4. The highest BCUT2D eigenvalue weighted by Crippen LogP contribution is 2.40. The van der Waals surface area contributed by atoms with E-state index < -0.39 is 0 Å². The second-order valence-corrected chi connectivity index (χ2v) is 11.4. The van der Waals surface area contributed by atoms with Gasteiger partial charge in [0.25, 0.3) is 0 Å². The van der Waals surface area contributed by atoms with Crippen molar-refractivity contribution in [3.05, 3.63) is 71.8 Å². The van der Waals surface area contributed by atoms with Crippen LogP contribution in [0.15, 0.2) is 55.1 Å². The minimum atomic E-state index is -0.382. The Balaban J connectivity index is 2.50. The molecule has 34 heavy (non-hydrogen) atoms. The summed E-state index contributed by atoms with van der Waals surface area (Å²) in [6, 6.07) is 11.1. The normalized spacial score (nSPS) is 12.5. The van der Waals surface area contributed by atoms with Gasteiger partial charge in [-0.25, -0.2) is 0 Å². The Bertz CT molecular complexity index is 1020. The maximum Gasteiger partial charge on any atom is 0.185 e.